The highest BCUT2D eigenvalue weighted by Gasteiger charge is 2.45. The molecule has 3 heterocycles. The molecule has 0 radical (unpaired) electrons. The fraction of sp³-hybridized carbons (Fsp3) is 0.750. The highest BCUT2D eigenvalue weighted by Crippen LogP contribution is 2.35. The first-order chi connectivity index (χ1) is 13.3. The molecule has 0 aromatic carbocycles. The van der Waals surface area contributed by atoms with Crippen LogP contribution in [0.5, 0.6) is 0 Å². The second kappa shape index (κ2) is 8.52. The molecule has 0 bridgehead atoms. The van der Waals surface area contributed by atoms with Crippen LogP contribution in [0.3, 0.4) is 0 Å². The molecule has 7 heteroatoms. The molecule has 2 saturated heterocycles. The molecule has 1 unspecified atom stereocenters. The van der Waals surface area contributed by atoms with Crippen LogP contribution in [0.25, 0.3) is 0 Å². The number of aromatic nitrogens is 2. The van der Waals surface area contributed by atoms with Crippen molar-refractivity contribution in [2.75, 3.05) is 44.3 Å². The van der Waals surface area contributed by atoms with E-state index >= 15 is 0 Å². The highest BCUT2D eigenvalue weighted by molar-refractivity contribution is 5.86. The Balaban J connectivity index is 1.44. The number of amides is 1. The molecule has 0 spiro atoms. The minimum absolute atomic E-state index is 0.162. The van der Waals surface area contributed by atoms with Crippen molar-refractivity contribution in [3.05, 3.63) is 18.5 Å². The molecule has 1 atom stereocenters. The normalized spacial score (nSPS) is 26.5. The van der Waals surface area contributed by atoms with E-state index < -0.39 is 0 Å². The lowest BCUT2D eigenvalue weighted by Gasteiger charge is -2.47. The van der Waals surface area contributed by atoms with Crippen molar-refractivity contribution < 1.29 is 9.53 Å². The van der Waals surface area contributed by atoms with Gasteiger partial charge < -0.3 is 15.0 Å². The van der Waals surface area contributed by atoms with Crippen molar-refractivity contribution in [1.82, 2.24) is 20.2 Å². The second-order valence-corrected chi connectivity index (χ2v) is 8.00. The number of morpholine rings is 1. The zero-order valence-electron chi connectivity index (χ0n) is 16.1. The van der Waals surface area contributed by atoms with E-state index in [0.29, 0.717) is 0 Å². The number of anilines is 1. The lowest BCUT2D eigenvalue weighted by molar-refractivity contribution is -0.141. The van der Waals surface area contributed by atoms with Crippen molar-refractivity contribution in [2.45, 2.75) is 56.5 Å². The minimum Gasteiger partial charge on any atom is -0.379 e. The van der Waals surface area contributed by atoms with Gasteiger partial charge in [-0.05, 0) is 31.7 Å². The molecule has 1 N–H and O–H groups in total. The Morgan fingerprint density at radius 2 is 1.81 bits per heavy atom. The summed E-state index contributed by atoms with van der Waals surface area (Å²) in [6, 6.07) is 2.00. The summed E-state index contributed by atoms with van der Waals surface area (Å²) in [6.07, 6.45) is 11.1. The molecule has 2 aliphatic heterocycles. The van der Waals surface area contributed by atoms with Gasteiger partial charge in [0.1, 0.15) is 5.54 Å². The van der Waals surface area contributed by atoms with Crippen molar-refractivity contribution in [2.24, 2.45) is 0 Å². The van der Waals surface area contributed by atoms with Crippen molar-refractivity contribution in [3.8, 4) is 0 Å². The second-order valence-electron chi connectivity index (χ2n) is 8.00. The predicted molar refractivity (Wildman–Crippen MR) is 104 cm³/mol. The fourth-order valence-corrected chi connectivity index (χ4v) is 4.87. The van der Waals surface area contributed by atoms with Crippen molar-refractivity contribution >= 4 is 11.9 Å². The van der Waals surface area contributed by atoms with Gasteiger partial charge in [-0.3, -0.25) is 9.69 Å². The van der Waals surface area contributed by atoms with E-state index in [-0.39, 0.29) is 17.5 Å². The summed E-state index contributed by atoms with van der Waals surface area (Å²) in [5.41, 5.74) is -0.340. The molecular formula is C20H31N5O2. The molecule has 1 aromatic rings. The van der Waals surface area contributed by atoms with Gasteiger partial charge in [0, 0.05) is 44.6 Å². The maximum absolute atomic E-state index is 13.5. The number of nitrogens with one attached hydrogen (secondary N) is 1. The standard InChI is InChI=1S/C20H31N5O2/c26-18(20(7-2-1-3-8-20)25-12-14-27-15-13-25)23-17-6-4-11-24(16-17)19-21-9-5-10-22-19/h5,9-10,17H,1-4,6-8,11-16H2,(H,23,26). The van der Waals surface area contributed by atoms with Crippen LogP contribution in [0.4, 0.5) is 5.95 Å². The fourth-order valence-electron chi connectivity index (χ4n) is 4.87. The predicted octanol–water partition coefficient (Wildman–Crippen LogP) is 1.60. The first kappa shape index (κ1) is 18.6. The Morgan fingerprint density at radius 3 is 2.56 bits per heavy atom. The molecule has 1 aliphatic carbocycles. The summed E-state index contributed by atoms with van der Waals surface area (Å²) >= 11 is 0. The summed E-state index contributed by atoms with van der Waals surface area (Å²) in [5, 5.41) is 3.41. The third-order valence-electron chi connectivity index (χ3n) is 6.31. The average Bonchev–Trinajstić information content (AvgIpc) is 2.75. The molecule has 1 saturated carbocycles. The van der Waals surface area contributed by atoms with E-state index in [1.807, 2.05) is 6.07 Å². The van der Waals surface area contributed by atoms with E-state index in [1.165, 1.54) is 6.42 Å². The number of rotatable bonds is 4. The molecule has 27 heavy (non-hydrogen) atoms. The van der Waals surface area contributed by atoms with Gasteiger partial charge in [-0.25, -0.2) is 9.97 Å². The molecule has 7 nitrogen and oxygen atoms in total. The Hall–Kier alpha value is -1.73. The molecule has 148 valence electrons. The zero-order chi connectivity index (χ0) is 18.5. The van der Waals surface area contributed by atoms with Crippen LogP contribution in [0.1, 0.15) is 44.9 Å². The summed E-state index contributed by atoms with van der Waals surface area (Å²) in [7, 11) is 0. The number of ether oxygens (including phenoxy) is 1. The number of piperidine rings is 1. The van der Waals surface area contributed by atoms with Gasteiger partial charge in [0.05, 0.1) is 13.2 Å². The number of carbonyl (C=O) groups excluding carboxylic acids is 1. The van der Waals surface area contributed by atoms with Gasteiger partial charge in [0.25, 0.3) is 0 Å². The molecular weight excluding hydrogens is 342 g/mol. The third kappa shape index (κ3) is 4.09. The Bertz CT molecular complexity index is 614. The molecule has 4 rings (SSSR count). The maximum atomic E-state index is 13.5. The van der Waals surface area contributed by atoms with E-state index in [0.717, 1.165) is 83.9 Å². The van der Waals surface area contributed by atoms with Gasteiger partial charge in [-0.15, -0.1) is 0 Å². The summed E-state index contributed by atoms with van der Waals surface area (Å²) in [4.78, 5) is 26.8. The summed E-state index contributed by atoms with van der Waals surface area (Å²) in [6.45, 7) is 4.93. The van der Waals surface area contributed by atoms with E-state index in [2.05, 4.69) is 25.1 Å². The van der Waals surface area contributed by atoms with Crippen LogP contribution in [-0.2, 0) is 9.53 Å². The third-order valence-corrected chi connectivity index (χ3v) is 6.31. The molecule has 1 aromatic heterocycles. The molecule has 3 fully saturated rings. The first-order valence-corrected chi connectivity index (χ1v) is 10.4. The first-order valence-electron chi connectivity index (χ1n) is 10.4. The van der Waals surface area contributed by atoms with Crippen LogP contribution in [0.2, 0.25) is 0 Å². The van der Waals surface area contributed by atoms with Crippen molar-refractivity contribution in [3.63, 3.8) is 0 Å². The summed E-state index contributed by atoms with van der Waals surface area (Å²) in [5.74, 6) is 0.988. The lowest BCUT2D eigenvalue weighted by Crippen LogP contribution is -2.64. The molecule has 3 aliphatic rings. The Labute approximate surface area is 161 Å². The average molecular weight is 374 g/mol. The summed E-state index contributed by atoms with van der Waals surface area (Å²) < 4.78 is 5.53. The van der Waals surface area contributed by atoms with Crippen LogP contribution in [-0.4, -0.2) is 71.7 Å². The SMILES string of the molecule is O=C(NC1CCCN(c2ncccn2)C1)C1(N2CCOCC2)CCCCC1. The Morgan fingerprint density at radius 1 is 1.07 bits per heavy atom. The topological polar surface area (TPSA) is 70.6 Å². The number of nitrogens with zero attached hydrogens (tertiary/aromatic N) is 4. The van der Waals surface area contributed by atoms with Crippen LogP contribution in [0, 0.1) is 0 Å². The maximum Gasteiger partial charge on any atom is 0.240 e. The lowest BCUT2D eigenvalue weighted by atomic mass is 9.79. The largest absolute Gasteiger partial charge is 0.379 e. The number of carbonyl (C=O) groups is 1. The van der Waals surface area contributed by atoms with E-state index in [4.69, 9.17) is 4.74 Å². The minimum atomic E-state index is -0.340. The van der Waals surface area contributed by atoms with Gasteiger partial charge in [0.2, 0.25) is 11.9 Å². The zero-order valence-corrected chi connectivity index (χ0v) is 16.1. The van der Waals surface area contributed by atoms with Gasteiger partial charge in [0.15, 0.2) is 0 Å². The van der Waals surface area contributed by atoms with Crippen molar-refractivity contribution in [1.29, 1.82) is 0 Å². The van der Waals surface area contributed by atoms with Crippen LogP contribution < -0.4 is 10.2 Å². The molecule has 1 amide bonds. The number of hydrogen-bond donors (Lipinski definition) is 1. The highest BCUT2D eigenvalue weighted by atomic mass is 16.5. The quantitative estimate of drug-likeness (QED) is 0.864. The Kier molecular flexibility index (Phi) is 5.88. The van der Waals surface area contributed by atoms with Gasteiger partial charge in [-0.1, -0.05) is 19.3 Å². The number of hydrogen-bond acceptors (Lipinski definition) is 6. The monoisotopic (exact) mass is 373 g/mol. The van der Waals surface area contributed by atoms with Crippen LogP contribution in [0.15, 0.2) is 18.5 Å². The van der Waals surface area contributed by atoms with E-state index in [1.54, 1.807) is 12.4 Å². The smallest absolute Gasteiger partial charge is 0.240 e. The van der Waals surface area contributed by atoms with Gasteiger partial charge >= 0.3 is 0 Å². The van der Waals surface area contributed by atoms with E-state index in [9.17, 15) is 4.79 Å². The van der Waals surface area contributed by atoms with Gasteiger partial charge in [-0.2, -0.15) is 0 Å². The van der Waals surface area contributed by atoms with Crippen LogP contribution >= 0.6 is 0 Å².